The van der Waals surface area contributed by atoms with Crippen molar-refractivity contribution in [3.8, 4) is 0 Å². The second kappa shape index (κ2) is 5.23. The number of thiophene rings is 1. The number of hydrogen-bond donors (Lipinski definition) is 1. The third-order valence-corrected chi connectivity index (χ3v) is 3.99. The number of nitrogens with zero attached hydrogens (tertiary/aromatic N) is 1. The van der Waals surface area contributed by atoms with Crippen molar-refractivity contribution >= 4 is 22.9 Å². The minimum Gasteiger partial charge on any atom is -0.397 e. The van der Waals surface area contributed by atoms with Crippen molar-refractivity contribution in [2.45, 2.75) is 13.0 Å². The van der Waals surface area contributed by atoms with E-state index >= 15 is 0 Å². The van der Waals surface area contributed by atoms with E-state index in [9.17, 15) is 4.79 Å². The lowest BCUT2D eigenvalue weighted by atomic mass is 10.1. The molecule has 4 heteroatoms. The Kier molecular flexibility index (Phi) is 3.67. The van der Waals surface area contributed by atoms with Gasteiger partial charge >= 0.3 is 0 Å². The molecule has 0 aliphatic carbocycles. The number of benzene rings is 1. The molecule has 1 aromatic carbocycles. The Morgan fingerprint density at radius 3 is 2.50 bits per heavy atom. The first-order chi connectivity index (χ1) is 8.61. The van der Waals surface area contributed by atoms with Crippen molar-refractivity contribution in [1.82, 2.24) is 4.90 Å². The Bertz CT molecular complexity index is 536. The van der Waals surface area contributed by atoms with E-state index < -0.39 is 0 Å². The number of anilines is 1. The highest BCUT2D eigenvalue weighted by atomic mass is 32.1. The predicted octanol–water partition coefficient (Wildman–Crippen LogP) is 3.16. The standard InChI is InChI=1S/C14H16N2OS/c1-10(11-6-4-3-5-7-11)16(2)14(17)13-12(15)8-9-18-13/h3-10H,15H2,1-2H3. The van der Waals surface area contributed by atoms with E-state index in [1.807, 2.05) is 42.6 Å². The maximum Gasteiger partial charge on any atom is 0.266 e. The van der Waals surface area contributed by atoms with Crippen molar-refractivity contribution in [2.24, 2.45) is 0 Å². The third kappa shape index (κ3) is 2.38. The number of nitrogens with two attached hydrogens (primary N) is 1. The van der Waals surface area contributed by atoms with Gasteiger partial charge in [-0.25, -0.2) is 0 Å². The summed E-state index contributed by atoms with van der Waals surface area (Å²) in [5.41, 5.74) is 7.45. The van der Waals surface area contributed by atoms with Gasteiger partial charge in [-0.3, -0.25) is 4.79 Å². The van der Waals surface area contributed by atoms with Crippen molar-refractivity contribution in [3.05, 3.63) is 52.2 Å². The fourth-order valence-electron chi connectivity index (χ4n) is 1.78. The lowest BCUT2D eigenvalue weighted by Gasteiger charge is -2.25. The first kappa shape index (κ1) is 12.6. The quantitative estimate of drug-likeness (QED) is 0.921. The molecule has 94 valence electrons. The van der Waals surface area contributed by atoms with Crippen LogP contribution in [0, 0.1) is 0 Å². The number of hydrogen-bond acceptors (Lipinski definition) is 3. The summed E-state index contributed by atoms with van der Waals surface area (Å²) in [5.74, 6) is -0.0288. The van der Waals surface area contributed by atoms with Crippen LogP contribution < -0.4 is 5.73 Å². The van der Waals surface area contributed by atoms with Crippen LogP contribution in [-0.4, -0.2) is 17.9 Å². The molecule has 2 aromatic rings. The Morgan fingerprint density at radius 1 is 1.28 bits per heavy atom. The second-order valence-corrected chi connectivity index (χ2v) is 5.12. The molecular weight excluding hydrogens is 244 g/mol. The molecule has 0 saturated heterocycles. The minimum atomic E-state index is -0.0288. The molecule has 2 N–H and O–H groups in total. The topological polar surface area (TPSA) is 46.3 Å². The summed E-state index contributed by atoms with van der Waals surface area (Å²) in [4.78, 5) is 14.6. The summed E-state index contributed by atoms with van der Waals surface area (Å²) in [7, 11) is 1.80. The van der Waals surface area contributed by atoms with E-state index in [4.69, 9.17) is 5.73 Å². The number of nitrogen functional groups attached to an aromatic ring is 1. The smallest absolute Gasteiger partial charge is 0.266 e. The third-order valence-electron chi connectivity index (χ3n) is 3.07. The molecule has 1 atom stereocenters. The molecule has 3 nitrogen and oxygen atoms in total. The van der Waals surface area contributed by atoms with E-state index in [-0.39, 0.29) is 11.9 Å². The molecule has 0 radical (unpaired) electrons. The van der Waals surface area contributed by atoms with Crippen LogP contribution in [0.1, 0.15) is 28.2 Å². The molecule has 2 rings (SSSR count). The van der Waals surface area contributed by atoms with Gasteiger partial charge in [0.25, 0.3) is 5.91 Å². The number of amides is 1. The van der Waals surface area contributed by atoms with Crippen LogP contribution in [0.4, 0.5) is 5.69 Å². The van der Waals surface area contributed by atoms with Gasteiger partial charge in [0.2, 0.25) is 0 Å². The van der Waals surface area contributed by atoms with Gasteiger partial charge in [0.15, 0.2) is 0 Å². The molecule has 0 spiro atoms. The Labute approximate surface area is 111 Å². The maximum atomic E-state index is 12.3. The van der Waals surface area contributed by atoms with Gasteiger partial charge in [-0.1, -0.05) is 30.3 Å². The zero-order valence-electron chi connectivity index (χ0n) is 10.5. The average Bonchev–Trinajstić information content (AvgIpc) is 2.83. The highest BCUT2D eigenvalue weighted by Gasteiger charge is 2.21. The summed E-state index contributed by atoms with van der Waals surface area (Å²) in [5, 5.41) is 1.84. The highest BCUT2D eigenvalue weighted by molar-refractivity contribution is 7.12. The molecule has 0 saturated carbocycles. The van der Waals surface area contributed by atoms with Gasteiger partial charge < -0.3 is 10.6 Å². The molecule has 0 aliphatic rings. The lowest BCUT2D eigenvalue weighted by Crippen LogP contribution is -2.29. The van der Waals surface area contributed by atoms with Crippen LogP contribution >= 0.6 is 11.3 Å². The van der Waals surface area contributed by atoms with E-state index in [0.29, 0.717) is 10.6 Å². The SMILES string of the molecule is CC(c1ccccc1)N(C)C(=O)c1sccc1N. The Morgan fingerprint density at radius 2 is 1.94 bits per heavy atom. The lowest BCUT2D eigenvalue weighted by molar-refractivity contribution is 0.0748. The van der Waals surface area contributed by atoms with Crippen LogP contribution in [0.25, 0.3) is 0 Å². The summed E-state index contributed by atoms with van der Waals surface area (Å²) < 4.78 is 0. The van der Waals surface area contributed by atoms with Crippen LogP contribution in [0.2, 0.25) is 0 Å². The molecule has 1 amide bonds. The number of carbonyl (C=O) groups is 1. The van der Waals surface area contributed by atoms with E-state index in [1.165, 1.54) is 11.3 Å². The maximum absolute atomic E-state index is 12.3. The molecule has 1 aromatic heterocycles. The van der Waals surface area contributed by atoms with Crippen LogP contribution in [0.15, 0.2) is 41.8 Å². The van der Waals surface area contributed by atoms with Crippen molar-refractivity contribution in [1.29, 1.82) is 0 Å². The van der Waals surface area contributed by atoms with E-state index in [1.54, 1.807) is 18.0 Å². The first-order valence-electron chi connectivity index (χ1n) is 5.76. The summed E-state index contributed by atoms with van der Waals surface area (Å²) >= 11 is 1.38. The summed E-state index contributed by atoms with van der Waals surface area (Å²) in [6.45, 7) is 2.01. The molecule has 0 aliphatic heterocycles. The first-order valence-corrected chi connectivity index (χ1v) is 6.64. The van der Waals surface area contributed by atoms with Crippen molar-refractivity contribution in [3.63, 3.8) is 0 Å². The van der Waals surface area contributed by atoms with E-state index in [2.05, 4.69) is 0 Å². The van der Waals surface area contributed by atoms with Crippen LogP contribution in [-0.2, 0) is 0 Å². The molecular formula is C14H16N2OS. The van der Waals surface area contributed by atoms with Gasteiger partial charge in [0.1, 0.15) is 4.88 Å². The molecule has 18 heavy (non-hydrogen) atoms. The largest absolute Gasteiger partial charge is 0.397 e. The van der Waals surface area contributed by atoms with E-state index in [0.717, 1.165) is 5.56 Å². The van der Waals surface area contributed by atoms with Gasteiger partial charge in [-0.05, 0) is 23.9 Å². The highest BCUT2D eigenvalue weighted by Crippen LogP contribution is 2.25. The number of rotatable bonds is 3. The summed E-state index contributed by atoms with van der Waals surface area (Å²) in [6.07, 6.45) is 0. The molecule has 0 fully saturated rings. The Hall–Kier alpha value is -1.81. The zero-order chi connectivity index (χ0) is 13.1. The zero-order valence-corrected chi connectivity index (χ0v) is 11.3. The van der Waals surface area contributed by atoms with Gasteiger partial charge in [0.05, 0.1) is 11.7 Å². The monoisotopic (exact) mass is 260 g/mol. The Balaban J connectivity index is 2.20. The summed E-state index contributed by atoms with van der Waals surface area (Å²) in [6, 6.07) is 11.8. The van der Waals surface area contributed by atoms with Gasteiger partial charge in [0, 0.05) is 7.05 Å². The fourth-order valence-corrected chi connectivity index (χ4v) is 2.58. The fraction of sp³-hybridized carbons (Fsp3) is 0.214. The molecule has 1 heterocycles. The number of carbonyl (C=O) groups excluding carboxylic acids is 1. The minimum absolute atomic E-state index is 0.0280. The van der Waals surface area contributed by atoms with Gasteiger partial charge in [-0.2, -0.15) is 0 Å². The predicted molar refractivity (Wildman–Crippen MR) is 75.7 cm³/mol. The van der Waals surface area contributed by atoms with Crippen molar-refractivity contribution in [2.75, 3.05) is 12.8 Å². The van der Waals surface area contributed by atoms with Gasteiger partial charge in [-0.15, -0.1) is 11.3 Å². The second-order valence-electron chi connectivity index (χ2n) is 4.21. The average molecular weight is 260 g/mol. The normalized spacial score (nSPS) is 12.1. The van der Waals surface area contributed by atoms with Crippen LogP contribution in [0.5, 0.6) is 0 Å². The van der Waals surface area contributed by atoms with Crippen LogP contribution in [0.3, 0.4) is 0 Å². The molecule has 1 unspecified atom stereocenters. The van der Waals surface area contributed by atoms with Crippen molar-refractivity contribution < 1.29 is 4.79 Å². The molecule has 0 bridgehead atoms.